The number of carbonyl (C=O) groups is 1. The van der Waals surface area contributed by atoms with Crippen LogP contribution in [0.1, 0.15) is 52.4 Å². The molecule has 0 spiro atoms. The average molecular weight is 282 g/mol. The maximum absolute atomic E-state index is 12.3. The Bertz CT molecular complexity index is 341. The molecule has 0 aromatic heterocycles. The van der Waals surface area contributed by atoms with Gasteiger partial charge in [0.05, 0.1) is 7.11 Å². The minimum Gasteiger partial charge on any atom is -0.468 e. The van der Waals surface area contributed by atoms with Gasteiger partial charge in [0.1, 0.15) is 5.54 Å². The van der Waals surface area contributed by atoms with Crippen molar-refractivity contribution < 1.29 is 9.53 Å². The topological polar surface area (TPSA) is 41.6 Å². The van der Waals surface area contributed by atoms with Crippen LogP contribution in [-0.2, 0) is 9.53 Å². The number of ether oxygens (including phenoxy) is 1. The summed E-state index contributed by atoms with van der Waals surface area (Å²) in [4.78, 5) is 14.8. The van der Waals surface area contributed by atoms with Crippen molar-refractivity contribution in [3.63, 3.8) is 0 Å². The molecular formula is C16H30N2O2. The molecule has 2 aliphatic rings. The summed E-state index contributed by atoms with van der Waals surface area (Å²) in [6.45, 7) is 5.38. The second-order valence-corrected chi connectivity index (χ2v) is 7.01. The maximum atomic E-state index is 12.3. The second-order valence-electron chi connectivity index (χ2n) is 7.01. The van der Waals surface area contributed by atoms with E-state index in [-0.39, 0.29) is 5.97 Å². The van der Waals surface area contributed by atoms with Crippen LogP contribution in [0.15, 0.2) is 0 Å². The molecule has 0 heterocycles. The summed E-state index contributed by atoms with van der Waals surface area (Å²) in [5, 5.41) is 3.50. The van der Waals surface area contributed by atoms with Gasteiger partial charge in [-0.3, -0.25) is 10.1 Å². The van der Waals surface area contributed by atoms with E-state index in [1.165, 1.54) is 32.9 Å². The van der Waals surface area contributed by atoms with Gasteiger partial charge in [0, 0.05) is 18.6 Å². The Hall–Kier alpha value is -0.610. The van der Waals surface area contributed by atoms with Crippen molar-refractivity contribution in [3.05, 3.63) is 0 Å². The standard InChI is InChI=1S/C16H30N2O2/c1-12(2)17-16(15(19)20-4)9-5-6-14(10-16)18(3)11-13-7-8-13/h12-14,17H,5-11H2,1-4H3. The van der Waals surface area contributed by atoms with Gasteiger partial charge in [0.15, 0.2) is 0 Å². The number of hydrogen-bond donors (Lipinski definition) is 1. The first kappa shape index (κ1) is 15.8. The highest BCUT2D eigenvalue weighted by molar-refractivity contribution is 5.81. The Morgan fingerprint density at radius 2 is 2.10 bits per heavy atom. The normalized spacial score (nSPS) is 30.8. The average Bonchev–Trinajstić information content (AvgIpc) is 3.21. The summed E-state index contributed by atoms with van der Waals surface area (Å²) < 4.78 is 5.10. The first-order chi connectivity index (χ1) is 9.47. The second kappa shape index (κ2) is 6.44. The van der Waals surface area contributed by atoms with Crippen LogP contribution in [0.5, 0.6) is 0 Å². The van der Waals surface area contributed by atoms with Gasteiger partial charge in [-0.05, 0) is 65.3 Å². The zero-order chi connectivity index (χ0) is 14.8. The fourth-order valence-electron chi connectivity index (χ4n) is 3.60. The van der Waals surface area contributed by atoms with E-state index >= 15 is 0 Å². The fraction of sp³-hybridized carbons (Fsp3) is 0.938. The van der Waals surface area contributed by atoms with E-state index in [9.17, 15) is 4.79 Å². The molecule has 0 radical (unpaired) electrons. The number of nitrogens with one attached hydrogen (secondary N) is 1. The summed E-state index contributed by atoms with van der Waals surface area (Å²) in [6.07, 6.45) is 6.82. The van der Waals surface area contributed by atoms with Gasteiger partial charge in [0.2, 0.25) is 0 Å². The monoisotopic (exact) mass is 282 g/mol. The quantitative estimate of drug-likeness (QED) is 0.758. The van der Waals surface area contributed by atoms with Crippen molar-refractivity contribution in [3.8, 4) is 0 Å². The fourth-order valence-corrected chi connectivity index (χ4v) is 3.60. The number of nitrogens with zero attached hydrogens (tertiary/aromatic N) is 1. The van der Waals surface area contributed by atoms with E-state index in [1.807, 2.05) is 0 Å². The smallest absolute Gasteiger partial charge is 0.326 e. The lowest BCUT2D eigenvalue weighted by Crippen LogP contribution is -2.60. The highest BCUT2D eigenvalue weighted by atomic mass is 16.5. The minimum absolute atomic E-state index is 0.0873. The third kappa shape index (κ3) is 3.73. The molecular weight excluding hydrogens is 252 g/mol. The van der Waals surface area contributed by atoms with E-state index in [1.54, 1.807) is 0 Å². The van der Waals surface area contributed by atoms with Gasteiger partial charge in [-0.25, -0.2) is 0 Å². The lowest BCUT2D eigenvalue weighted by Gasteiger charge is -2.43. The summed E-state index contributed by atoms with van der Waals surface area (Å²) >= 11 is 0. The zero-order valence-electron chi connectivity index (χ0n) is 13.4. The molecule has 4 nitrogen and oxygen atoms in total. The number of carbonyl (C=O) groups excluding carboxylic acids is 1. The van der Waals surface area contributed by atoms with E-state index in [2.05, 4.69) is 31.1 Å². The molecule has 0 saturated heterocycles. The Kier molecular flexibility index (Phi) is 5.08. The molecule has 0 aromatic carbocycles. The van der Waals surface area contributed by atoms with Crippen LogP contribution >= 0.6 is 0 Å². The van der Waals surface area contributed by atoms with Crippen LogP contribution in [0.25, 0.3) is 0 Å². The molecule has 2 rings (SSSR count). The lowest BCUT2D eigenvalue weighted by atomic mass is 9.78. The van der Waals surface area contributed by atoms with E-state index in [0.29, 0.717) is 12.1 Å². The highest BCUT2D eigenvalue weighted by Crippen LogP contribution is 2.35. The molecule has 2 unspecified atom stereocenters. The van der Waals surface area contributed by atoms with Crippen molar-refractivity contribution in [1.29, 1.82) is 0 Å². The Morgan fingerprint density at radius 3 is 2.65 bits per heavy atom. The van der Waals surface area contributed by atoms with Crippen LogP contribution < -0.4 is 5.32 Å². The predicted octanol–water partition coefficient (Wildman–Crippen LogP) is 2.18. The van der Waals surface area contributed by atoms with Gasteiger partial charge in [-0.15, -0.1) is 0 Å². The molecule has 4 heteroatoms. The Labute approximate surface area is 123 Å². The van der Waals surface area contributed by atoms with Crippen LogP contribution in [0.3, 0.4) is 0 Å². The van der Waals surface area contributed by atoms with Crippen molar-refractivity contribution in [2.24, 2.45) is 5.92 Å². The number of methoxy groups -OCH3 is 1. The SMILES string of the molecule is COC(=O)C1(NC(C)C)CCCC(N(C)CC2CC2)C1. The summed E-state index contributed by atoms with van der Waals surface area (Å²) in [5.74, 6) is 0.809. The summed E-state index contributed by atoms with van der Waals surface area (Å²) in [6, 6.07) is 0.788. The molecule has 2 saturated carbocycles. The molecule has 0 aromatic rings. The lowest BCUT2D eigenvalue weighted by molar-refractivity contribution is -0.151. The molecule has 0 bridgehead atoms. The van der Waals surface area contributed by atoms with Crippen LogP contribution in [-0.4, -0.2) is 49.2 Å². The van der Waals surface area contributed by atoms with E-state index in [4.69, 9.17) is 4.74 Å². The van der Waals surface area contributed by atoms with Crippen molar-refractivity contribution in [2.75, 3.05) is 20.7 Å². The third-order valence-electron chi connectivity index (χ3n) is 4.73. The molecule has 1 N–H and O–H groups in total. The maximum Gasteiger partial charge on any atom is 0.326 e. The molecule has 2 atom stereocenters. The Balaban J connectivity index is 2.04. The van der Waals surface area contributed by atoms with E-state index < -0.39 is 5.54 Å². The predicted molar refractivity (Wildman–Crippen MR) is 80.6 cm³/mol. The highest BCUT2D eigenvalue weighted by Gasteiger charge is 2.45. The molecule has 20 heavy (non-hydrogen) atoms. The van der Waals surface area contributed by atoms with Crippen molar-refractivity contribution in [1.82, 2.24) is 10.2 Å². The summed E-state index contributed by atoms with van der Waals surface area (Å²) in [7, 11) is 3.72. The van der Waals surface area contributed by atoms with Crippen molar-refractivity contribution in [2.45, 2.75) is 70.0 Å². The summed E-state index contributed by atoms with van der Waals surface area (Å²) in [5.41, 5.74) is -0.482. The van der Waals surface area contributed by atoms with Gasteiger partial charge < -0.3 is 9.64 Å². The van der Waals surface area contributed by atoms with E-state index in [0.717, 1.165) is 25.2 Å². The minimum atomic E-state index is -0.482. The first-order valence-corrected chi connectivity index (χ1v) is 8.03. The van der Waals surface area contributed by atoms with Gasteiger partial charge in [0.25, 0.3) is 0 Å². The van der Waals surface area contributed by atoms with Gasteiger partial charge in [-0.1, -0.05) is 0 Å². The zero-order valence-corrected chi connectivity index (χ0v) is 13.4. The molecule has 2 fully saturated rings. The van der Waals surface area contributed by atoms with Crippen molar-refractivity contribution >= 4 is 5.97 Å². The third-order valence-corrected chi connectivity index (χ3v) is 4.73. The van der Waals surface area contributed by atoms with Crippen LogP contribution in [0.4, 0.5) is 0 Å². The molecule has 116 valence electrons. The number of hydrogen-bond acceptors (Lipinski definition) is 4. The molecule has 2 aliphatic carbocycles. The molecule has 0 amide bonds. The Morgan fingerprint density at radius 1 is 1.40 bits per heavy atom. The number of rotatable bonds is 6. The molecule has 0 aliphatic heterocycles. The van der Waals surface area contributed by atoms with Gasteiger partial charge in [-0.2, -0.15) is 0 Å². The largest absolute Gasteiger partial charge is 0.468 e. The van der Waals surface area contributed by atoms with Crippen LogP contribution in [0, 0.1) is 5.92 Å². The van der Waals surface area contributed by atoms with Gasteiger partial charge >= 0.3 is 5.97 Å². The number of esters is 1. The first-order valence-electron chi connectivity index (χ1n) is 8.03. The van der Waals surface area contributed by atoms with Crippen LogP contribution in [0.2, 0.25) is 0 Å².